The van der Waals surface area contributed by atoms with Crippen molar-refractivity contribution in [2.75, 3.05) is 16.0 Å². The van der Waals surface area contributed by atoms with Crippen molar-refractivity contribution in [3.63, 3.8) is 0 Å². The molecule has 3 rings (SSSR count). The van der Waals surface area contributed by atoms with Crippen LogP contribution < -0.4 is 10.2 Å². The molecule has 27 heavy (non-hydrogen) atoms. The van der Waals surface area contributed by atoms with E-state index in [-0.39, 0.29) is 17.2 Å². The lowest BCUT2D eigenvalue weighted by molar-refractivity contribution is -0.117. The molecule has 0 bridgehead atoms. The van der Waals surface area contributed by atoms with Crippen molar-refractivity contribution in [1.82, 2.24) is 0 Å². The highest BCUT2D eigenvalue weighted by Gasteiger charge is 2.34. The minimum atomic E-state index is -0.0416. The standard InChI is InChI=1S/C22H26N2O2S/c1-14(2)11-20(25)23-18-8-6-17(7-9-18)22-24(21(26)13-27-22)19-10-5-15(3)16(4)12-19/h5-10,12,14,22H,11,13H2,1-4H3,(H,23,25)/t22-/m1/s1. The lowest BCUT2D eigenvalue weighted by Crippen LogP contribution is -2.27. The zero-order valence-corrected chi connectivity index (χ0v) is 17.1. The van der Waals surface area contributed by atoms with Crippen molar-refractivity contribution in [2.24, 2.45) is 5.92 Å². The van der Waals surface area contributed by atoms with E-state index < -0.39 is 0 Å². The van der Waals surface area contributed by atoms with Gasteiger partial charge in [0.25, 0.3) is 0 Å². The fourth-order valence-corrected chi connectivity index (χ4v) is 4.32. The Balaban J connectivity index is 1.79. The Bertz CT molecular complexity index is 846. The highest BCUT2D eigenvalue weighted by atomic mass is 32.2. The number of anilines is 2. The predicted octanol–water partition coefficient (Wildman–Crippen LogP) is 5.07. The van der Waals surface area contributed by atoms with Crippen LogP contribution in [-0.4, -0.2) is 17.6 Å². The molecule has 1 saturated heterocycles. The summed E-state index contributed by atoms with van der Waals surface area (Å²) in [6.07, 6.45) is 0.509. The molecule has 2 aromatic carbocycles. The van der Waals surface area contributed by atoms with Crippen molar-refractivity contribution in [1.29, 1.82) is 0 Å². The van der Waals surface area contributed by atoms with Gasteiger partial charge in [0.15, 0.2) is 0 Å². The molecular formula is C22H26N2O2S. The van der Waals surface area contributed by atoms with Crippen LogP contribution in [0.15, 0.2) is 42.5 Å². The molecule has 0 radical (unpaired) electrons. The monoisotopic (exact) mass is 382 g/mol. The van der Waals surface area contributed by atoms with Crippen molar-refractivity contribution in [2.45, 2.75) is 39.5 Å². The first-order chi connectivity index (χ1) is 12.8. The van der Waals surface area contributed by atoms with E-state index in [1.165, 1.54) is 11.1 Å². The maximum atomic E-state index is 12.5. The second-order valence-corrected chi connectivity index (χ2v) is 8.53. The van der Waals surface area contributed by atoms with Crippen LogP contribution in [0.1, 0.15) is 42.3 Å². The summed E-state index contributed by atoms with van der Waals surface area (Å²) in [7, 11) is 0. The van der Waals surface area contributed by atoms with Gasteiger partial charge < -0.3 is 5.32 Å². The normalized spacial score (nSPS) is 16.9. The number of carbonyl (C=O) groups excluding carboxylic acids is 2. The van der Waals surface area contributed by atoms with Gasteiger partial charge in [-0.05, 0) is 60.7 Å². The molecule has 0 aromatic heterocycles. The van der Waals surface area contributed by atoms with E-state index in [1.54, 1.807) is 11.8 Å². The summed E-state index contributed by atoms with van der Waals surface area (Å²) in [6.45, 7) is 8.19. The summed E-state index contributed by atoms with van der Waals surface area (Å²) in [5.41, 5.74) is 5.19. The Morgan fingerprint density at radius 1 is 1.15 bits per heavy atom. The Morgan fingerprint density at radius 2 is 1.85 bits per heavy atom. The number of nitrogens with zero attached hydrogens (tertiary/aromatic N) is 1. The molecule has 1 fully saturated rings. The largest absolute Gasteiger partial charge is 0.326 e. The van der Waals surface area contributed by atoms with Gasteiger partial charge in [0.05, 0.1) is 5.75 Å². The average molecular weight is 383 g/mol. The van der Waals surface area contributed by atoms with E-state index in [1.807, 2.05) is 49.1 Å². The minimum absolute atomic E-state index is 0.0277. The topological polar surface area (TPSA) is 49.4 Å². The smallest absolute Gasteiger partial charge is 0.238 e. The summed E-state index contributed by atoms with van der Waals surface area (Å²) in [5, 5.41) is 2.89. The maximum absolute atomic E-state index is 12.5. The van der Waals surface area contributed by atoms with Crippen LogP contribution >= 0.6 is 11.8 Å². The molecule has 0 aliphatic carbocycles. The number of aryl methyl sites for hydroxylation is 2. The van der Waals surface area contributed by atoms with Crippen LogP contribution in [0.4, 0.5) is 11.4 Å². The minimum Gasteiger partial charge on any atom is -0.326 e. The Hall–Kier alpha value is -2.27. The lowest BCUT2D eigenvalue weighted by Gasteiger charge is -2.25. The van der Waals surface area contributed by atoms with Crippen LogP contribution in [0.2, 0.25) is 0 Å². The maximum Gasteiger partial charge on any atom is 0.238 e. The number of nitrogens with one attached hydrogen (secondary N) is 1. The second kappa shape index (κ2) is 8.17. The lowest BCUT2D eigenvalue weighted by atomic mass is 10.1. The Labute approximate surface area is 165 Å². The first kappa shape index (κ1) is 19.5. The van der Waals surface area contributed by atoms with Crippen LogP contribution in [0.25, 0.3) is 0 Å². The third kappa shape index (κ3) is 4.53. The van der Waals surface area contributed by atoms with Crippen molar-refractivity contribution in [3.8, 4) is 0 Å². The van der Waals surface area contributed by atoms with Crippen LogP contribution in [0, 0.1) is 19.8 Å². The summed E-state index contributed by atoms with van der Waals surface area (Å²) in [5.74, 6) is 0.962. The molecular weight excluding hydrogens is 356 g/mol. The molecule has 1 N–H and O–H groups in total. The van der Waals surface area contributed by atoms with Gasteiger partial charge in [-0.25, -0.2) is 0 Å². The molecule has 0 saturated carbocycles. The highest BCUT2D eigenvalue weighted by molar-refractivity contribution is 8.00. The SMILES string of the molecule is Cc1ccc(N2C(=O)CS[C@@H]2c2ccc(NC(=O)CC(C)C)cc2)cc1C. The summed E-state index contributed by atoms with van der Waals surface area (Å²) in [6, 6.07) is 14.0. The molecule has 2 aromatic rings. The number of thioether (sulfide) groups is 1. The van der Waals surface area contributed by atoms with Crippen LogP contribution in [0.3, 0.4) is 0 Å². The fraction of sp³-hybridized carbons (Fsp3) is 0.364. The van der Waals surface area contributed by atoms with Crippen molar-refractivity contribution < 1.29 is 9.59 Å². The van der Waals surface area contributed by atoms with Gasteiger partial charge in [-0.1, -0.05) is 32.0 Å². The predicted molar refractivity (Wildman–Crippen MR) is 113 cm³/mol. The van der Waals surface area contributed by atoms with Gasteiger partial charge in [0.2, 0.25) is 11.8 Å². The number of amides is 2. The number of carbonyl (C=O) groups is 2. The molecule has 4 nitrogen and oxygen atoms in total. The molecule has 0 unspecified atom stereocenters. The van der Waals surface area contributed by atoms with Gasteiger partial charge in [-0.2, -0.15) is 0 Å². The summed E-state index contributed by atoms with van der Waals surface area (Å²) < 4.78 is 0. The van der Waals surface area contributed by atoms with Gasteiger partial charge in [-0.15, -0.1) is 11.8 Å². The van der Waals surface area contributed by atoms with Gasteiger partial charge in [0, 0.05) is 17.8 Å². The van der Waals surface area contributed by atoms with E-state index in [4.69, 9.17) is 0 Å². The molecule has 5 heteroatoms. The molecule has 1 aliphatic rings. The number of hydrogen-bond donors (Lipinski definition) is 1. The van der Waals surface area contributed by atoms with Crippen molar-refractivity contribution >= 4 is 35.0 Å². The summed E-state index contributed by atoms with van der Waals surface area (Å²) in [4.78, 5) is 26.3. The first-order valence-electron chi connectivity index (χ1n) is 9.26. The number of rotatable bonds is 5. The summed E-state index contributed by atoms with van der Waals surface area (Å²) >= 11 is 1.63. The zero-order chi connectivity index (χ0) is 19.6. The average Bonchev–Trinajstić information content (AvgIpc) is 2.99. The van der Waals surface area contributed by atoms with E-state index in [2.05, 4.69) is 31.3 Å². The molecule has 142 valence electrons. The van der Waals surface area contributed by atoms with Crippen LogP contribution in [0.5, 0.6) is 0 Å². The molecule has 1 heterocycles. The molecule has 1 atom stereocenters. The third-order valence-corrected chi connectivity index (χ3v) is 5.92. The van der Waals surface area contributed by atoms with Gasteiger partial charge >= 0.3 is 0 Å². The van der Waals surface area contributed by atoms with E-state index >= 15 is 0 Å². The van der Waals surface area contributed by atoms with E-state index in [0.717, 1.165) is 16.9 Å². The second-order valence-electron chi connectivity index (χ2n) is 7.46. The van der Waals surface area contributed by atoms with Gasteiger partial charge in [0.1, 0.15) is 5.37 Å². The van der Waals surface area contributed by atoms with Crippen molar-refractivity contribution in [3.05, 3.63) is 59.2 Å². The Morgan fingerprint density at radius 3 is 2.48 bits per heavy atom. The zero-order valence-electron chi connectivity index (χ0n) is 16.3. The Kier molecular flexibility index (Phi) is 5.90. The third-order valence-electron chi connectivity index (χ3n) is 4.71. The molecule has 2 amide bonds. The van der Waals surface area contributed by atoms with Gasteiger partial charge in [-0.3, -0.25) is 14.5 Å². The molecule has 1 aliphatic heterocycles. The fourth-order valence-electron chi connectivity index (χ4n) is 3.14. The van der Waals surface area contributed by atoms with E-state index in [0.29, 0.717) is 18.1 Å². The highest BCUT2D eigenvalue weighted by Crippen LogP contribution is 2.42. The number of hydrogen-bond acceptors (Lipinski definition) is 3. The quantitative estimate of drug-likeness (QED) is 0.786. The molecule has 0 spiro atoms. The first-order valence-corrected chi connectivity index (χ1v) is 10.3. The van der Waals surface area contributed by atoms with E-state index in [9.17, 15) is 9.59 Å². The number of benzene rings is 2. The van der Waals surface area contributed by atoms with Crippen LogP contribution in [-0.2, 0) is 9.59 Å².